The summed E-state index contributed by atoms with van der Waals surface area (Å²) < 4.78 is 52.6. The lowest BCUT2D eigenvalue weighted by molar-refractivity contribution is 0.270. The lowest BCUT2D eigenvalue weighted by atomic mass is 9.84. The fraction of sp³-hybridized carbons (Fsp3) is 0.600. The molecule has 0 aliphatic heterocycles. The summed E-state index contributed by atoms with van der Waals surface area (Å²) >= 11 is 0. The number of nitrogens with one attached hydrogen (secondary N) is 2. The molecule has 1 aromatic carbocycles. The summed E-state index contributed by atoms with van der Waals surface area (Å²) in [6, 6.07) is 5.65. The van der Waals surface area contributed by atoms with Crippen LogP contribution in [0.4, 0.5) is 5.69 Å². The van der Waals surface area contributed by atoms with E-state index < -0.39 is 25.6 Å². The molecule has 8 heteroatoms. The van der Waals surface area contributed by atoms with Crippen LogP contribution in [0.15, 0.2) is 29.2 Å². The van der Waals surface area contributed by atoms with Crippen LogP contribution in [0.3, 0.4) is 0 Å². The fourth-order valence-corrected chi connectivity index (χ4v) is 4.39. The Morgan fingerprint density at radius 1 is 1.09 bits per heavy atom. The van der Waals surface area contributed by atoms with Gasteiger partial charge in [0, 0.05) is 11.2 Å². The first-order valence-electron chi connectivity index (χ1n) is 7.55. The average molecular weight is 363 g/mol. The number of benzene rings is 1. The summed E-state index contributed by atoms with van der Waals surface area (Å²) in [5, 5.41) is 0. The van der Waals surface area contributed by atoms with E-state index in [-0.39, 0.29) is 10.8 Å². The average Bonchev–Trinajstić information content (AvgIpc) is 2.44. The van der Waals surface area contributed by atoms with Gasteiger partial charge in [-0.2, -0.15) is 0 Å². The van der Waals surface area contributed by atoms with Crippen molar-refractivity contribution in [1.29, 1.82) is 0 Å². The molecule has 0 aromatic heterocycles. The third-order valence-electron chi connectivity index (χ3n) is 4.27. The maximum atomic E-state index is 12.6. The predicted octanol–water partition coefficient (Wildman–Crippen LogP) is 2.55. The molecular formula is C15H26N2O4S2. The zero-order valence-electron chi connectivity index (χ0n) is 14.3. The van der Waals surface area contributed by atoms with Crippen LogP contribution in [0.5, 0.6) is 0 Å². The van der Waals surface area contributed by atoms with Gasteiger partial charge in [0.1, 0.15) is 0 Å². The van der Waals surface area contributed by atoms with Crippen molar-refractivity contribution in [3.63, 3.8) is 0 Å². The van der Waals surface area contributed by atoms with Crippen molar-refractivity contribution in [2.45, 2.75) is 51.0 Å². The molecule has 1 aromatic rings. The van der Waals surface area contributed by atoms with Gasteiger partial charge < -0.3 is 0 Å². The SMILES string of the molecule is CCC(C)C(C)(CC)NS(=O)(=O)c1ccc(NS(C)(=O)=O)cc1. The lowest BCUT2D eigenvalue weighted by Gasteiger charge is -2.35. The minimum absolute atomic E-state index is 0.111. The van der Waals surface area contributed by atoms with E-state index in [0.29, 0.717) is 12.1 Å². The van der Waals surface area contributed by atoms with Crippen molar-refractivity contribution in [3.05, 3.63) is 24.3 Å². The quantitative estimate of drug-likeness (QED) is 0.743. The molecule has 0 heterocycles. The predicted molar refractivity (Wildman–Crippen MR) is 93.4 cm³/mol. The minimum Gasteiger partial charge on any atom is -0.284 e. The van der Waals surface area contributed by atoms with Gasteiger partial charge in [0.25, 0.3) is 0 Å². The summed E-state index contributed by atoms with van der Waals surface area (Å²) in [6.45, 7) is 7.90. The Balaban J connectivity index is 3.05. The van der Waals surface area contributed by atoms with Crippen molar-refractivity contribution in [3.8, 4) is 0 Å². The summed E-state index contributed by atoms with van der Waals surface area (Å²) in [7, 11) is -7.06. The van der Waals surface area contributed by atoms with Crippen LogP contribution in [0.2, 0.25) is 0 Å². The molecule has 0 saturated carbocycles. The van der Waals surface area contributed by atoms with Crippen LogP contribution < -0.4 is 9.44 Å². The number of sulfonamides is 2. The van der Waals surface area contributed by atoms with E-state index in [4.69, 9.17) is 0 Å². The van der Waals surface area contributed by atoms with E-state index in [1.165, 1.54) is 24.3 Å². The van der Waals surface area contributed by atoms with Crippen LogP contribution in [-0.4, -0.2) is 28.6 Å². The Morgan fingerprint density at radius 3 is 2.00 bits per heavy atom. The zero-order chi connectivity index (χ0) is 17.9. The monoisotopic (exact) mass is 362 g/mol. The molecule has 132 valence electrons. The molecule has 6 nitrogen and oxygen atoms in total. The standard InChI is InChI=1S/C15H26N2O4S2/c1-6-12(3)15(4,7-2)17-23(20,21)14-10-8-13(9-11-14)16-22(5,18)19/h8-12,16-17H,6-7H2,1-5H3. The Hall–Kier alpha value is -1.12. The Kier molecular flexibility index (Phi) is 6.23. The Labute approximate surface area is 139 Å². The summed E-state index contributed by atoms with van der Waals surface area (Å²) in [5.41, 5.74) is -0.205. The fourth-order valence-electron chi connectivity index (χ4n) is 2.25. The van der Waals surface area contributed by atoms with Crippen molar-refractivity contribution < 1.29 is 16.8 Å². The van der Waals surface area contributed by atoms with Crippen LogP contribution in [0.25, 0.3) is 0 Å². The van der Waals surface area contributed by atoms with Crippen molar-refractivity contribution in [2.75, 3.05) is 11.0 Å². The van der Waals surface area contributed by atoms with Crippen LogP contribution in [-0.2, 0) is 20.0 Å². The van der Waals surface area contributed by atoms with E-state index >= 15 is 0 Å². The molecule has 0 fully saturated rings. The number of hydrogen-bond acceptors (Lipinski definition) is 4. The molecule has 0 aliphatic carbocycles. The smallest absolute Gasteiger partial charge is 0.241 e. The number of rotatable bonds is 8. The molecule has 2 unspecified atom stereocenters. The molecule has 0 spiro atoms. The van der Waals surface area contributed by atoms with Gasteiger partial charge in [-0.3, -0.25) is 4.72 Å². The van der Waals surface area contributed by atoms with Gasteiger partial charge in [0.2, 0.25) is 20.0 Å². The highest BCUT2D eigenvalue weighted by atomic mass is 32.2. The normalized spacial score (nSPS) is 16.6. The van der Waals surface area contributed by atoms with Crippen LogP contribution >= 0.6 is 0 Å². The van der Waals surface area contributed by atoms with Crippen molar-refractivity contribution >= 4 is 25.7 Å². The Morgan fingerprint density at radius 2 is 1.61 bits per heavy atom. The molecule has 0 amide bonds. The van der Waals surface area contributed by atoms with Gasteiger partial charge in [-0.25, -0.2) is 21.6 Å². The molecule has 0 saturated heterocycles. The first-order chi connectivity index (χ1) is 10.4. The largest absolute Gasteiger partial charge is 0.284 e. The maximum Gasteiger partial charge on any atom is 0.241 e. The second kappa shape index (κ2) is 7.19. The van der Waals surface area contributed by atoms with Crippen molar-refractivity contribution in [1.82, 2.24) is 4.72 Å². The summed E-state index contributed by atoms with van der Waals surface area (Å²) in [6.07, 6.45) is 2.58. The third kappa shape index (κ3) is 5.47. The van der Waals surface area contributed by atoms with Gasteiger partial charge in [-0.15, -0.1) is 0 Å². The van der Waals surface area contributed by atoms with Crippen molar-refractivity contribution in [2.24, 2.45) is 5.92 Å². The second-order valence-corrected chi connectivity index (χ2v) is 9.52. The molecule has 2 atom stereocenters. The van der Waals surface area contributed by atoms with Gasteiger partial charge in [-0.1, -0.05) is 27.2 Å². The summed E-state index contributed by atoms with van der Waals surface area (Å²) in [5.74, 6) is 0.188. The lowest BCUT2D eigenvalue weighted by Crippen LogP contribution is -2.49. The minimum atomic E-state index is -3.67. The number of hydrogen-bond donors (Lipinski definition) is 2. The molecular weight excluding hydrogens is 336 g/mol. The van der Waals surface area contributed by atoms with E-state index in [1.54, 1.807) is 0 Å². The third-order valence-corrected chi connectivity index (χ3v) is 6.50. The molecule has 1 rings (SSSR count). The van der Waals surface area contributed by atoms with E-state index in [0.717, 1.165) is 12.7 Å². The topological polar surface area (TPSA) is 92.3 Å². The van der Waals surface area contributed by atoms with Gasteiger partial charge >= 0.3 is 0 Å². The first kappa shape index (κ1) is 19.9. The van der Waals surface area contributed by atoms with Crippen LogP contribution in [0, 0.1) is 5.92 Å². The number of anilines is 1. The second-order valence-electron chi connectivity index (χ2n) is 6.08. The maximum absolute atomic E-state index is 12.6. The first-order valence-corrected chi connectivity index (χ1v) is 10.9. The highest BCUT2D eigenvalue weighted by Crippen LogP contribution is 2.26. The highest BCUT2D eigenvalue weighted by molar-refractivity contribution is 7.92. The Bertz CT molecular complexity index is 727. The van der Waals surface area contributed by atoms with E-state index in [2.05, 4.69) is 9.44 Å². The molecule has 23 heavy (non-hydrogen) atoms. The van der Waals surface area contributed by atoms with Gasteiger partial charge in [0.05, 0.1) is 11.2 Å². The van der Waals surface area contributed by atoms with E-state index in [9.17, 15) is 16.8 Å². The zero-order valence-corrected chi connectivity index (χ0v) is 15.9. The molecule has 0 aliphatic rings. The van der Waals surface area contributed by atoms with Gasteiger partial charge in [-0.05, 0) is 43.5 Å². The molecule has 0 bridgehead atoms. The van der Waals surface area contributed by atoms with E-state index in [1.807, 2.05) is 27.7 Å². The van der Waals surface area contributed by atoms with Gasteiger partial charge in [0.15, 0.2) is 0 Å². The summed E-state index contributed by atoms with van der Waals surface area (Å²) in [4.78, 5) is 0.111. The molecule has 0 radical (unpaired) electrons. The highest BCUT2D eigenvalue weighted by Gasteiger charge is 2.33. The molecule has 2 N–H and O–H groups in total. The van der Waals surface area contributed by atoms with Crippen LogP contribution in [0.1, 0.15) is 40.5 Å².